The van der Waals surface area contributed by atoms with E-state index in [0.29, 0.717) is 24.0 Å². The molecule has 198 valence electrons. The Balaban J connectivity index is 1.85. The molecule has 0 bridgehead atoms. The van der Waals surface area contributed by atoms with E-state index in [-0.39, 0.29) is 21.8 Å². The summed E-state index contributed by atoms with van der Waals surface area (Å²) in [6.45, 7) is 11.9. The molecule has 1 fully saturated rings. The summed E-state index contributed by atoms with van der Waals surface area (Å²) in [5.74, 6) is -0.361. The van der Waals surface area contributed by atoms with Crippen LogP contribution in [-0.2, 0) is 10.0 Å². The van der Waals surface area contributed by atoms with E-state index in [1.54, 1.807) is 31.5 Å². The molecule has 0 saturated carbocycles. The summed E-state index contributed by atoms with van der Waals surface area (Å²) in [4.78, 5) is 28.1. The van der Waals surface area contributed by atoms with Gasteiger partial charge in [-0.3, -0.25) is 9.78 Å². The van der Waals surface area contributed by atoms with Crippen LogP contribution in [0.2, 0.25) is 0 Å². The van der Waals surface area contributed by atoms with Gasteiger partial charge in [0.25, 0.3) is 15.9 Å². The first-order valence-electron chi connectivity index (χ1n) is 12.3. The maximum absolute atomic E-state index is 13.5. The highest BCUT2D eigenvalue weighted by molar-refractivity contribution is 7.94. The topological polar surface area (TPSA) is 131 Å². The van der Waals surface area contributed by atoms with Gasteiger partial charge >= 0.3 is 0 Å². The number of aliphatic imine (C=N–C) groups is 1. The average Bonchev–Trinajstić information content (AvgIpc) is 3.17. The Labute approximate surface area is 223 Å². The Morgan fingerprint density at radius 2 is 1.97 bits per heavy atom. The lowest BCUT2D eigenvalue weighted by molar-refractivity contribution is 0.0982. The number of amides is 1. The van der Waals surface area contributed by atoms with Gasteiger partial charge in [-0.15, -0.1) is 0 Å². The van der Waals surface area contributed by atoms with E-state index >= 15 is 0 Å². The number of pyridine rings is 2. The number of allylic oxidation sites excluding steroid dienone is 2. The van der Waals surface area contributed by atoms with E-state index < -0.39 is 15.9 Å². The van der Waals surface area contributed by atoms with E-state index in [1.807, 2.05) is 24.3 Å². The van der Waals surface area contributed by atoms with Crippen molar-refractivity contribution in [2.45, 2.75) is 39.7 Å². The Kier molecular flexibility index (Phi) is 7.37. The summed E-state index contributed by atoms with van der Waals surface area (Å²) in [7, 11) is -4.34. The van der Waals surface area contributed by atoms with Crippen molar-refractivity contribution < 1.29 is 13.2 Å². The molecule has 1 aromatic carbocycles. The third kappa shape index (κ3) is 5.17. The molecule has 10 heteroatoms. The van der Waals surface area contributed by atoms with Crippen LogP contribution in [0.4, 0.5) is 5.82 Å². The fourth-order valence-electron chi connectivity index (χ4n) is 5.04. The van der Waals surface area contributed by atoms with E-state index in [1.165, 1.54) is 12.2 Å². The van der Waals surface area contributed by atoms with Crippen LogP contribution in [0.5, 0.6) is 0 Å². The molecule has 1 aliphatic heterocycles. The highest BCUT2D eigenvalue weighted by atomic mass is 32.2. The number of nitrogens with zero attached hydrogens (tertiary/aromatic N) is 4. The number of rotatable bonds is 7. The molecule has 4 rings (SSSR count). The first-order chi connectivity index (χ1) is 18.0. The maximum atomic E-state index is 13.5. The molecule has 3 heterocycles. The monoisotopic (exact) mass is 532 g/mol. The van der Waals surface area contributed by atoms with Crippen molar-refractivity contribution in [1.29, 1.82) is 0 Å². The SMILES string of the molecule is C=N/C(N)=C(\C=C/C)S(=O)(=O)NC(=O)c1ccc(-c2cncc3ccccc23)nc1N1C[C@@H](C)CC1(C)C. The molecule has 1 amide bonds. The zero-order chi connectivity index (χ0) is 27.7. The molecule has 3 N–H and O–H groups in total. The van der Waals surface area contributed by atoms with Gasteiger partial charge < -0.3 is 10.6 Å². The first-order valence-corrected chi connectivity index (χ1v) is 13.7. The second kappa shape index (κ2) is 10.4. The molecule has 38 heavy (non-hydrogen) atoms. The predicted octanol–water partition coefficient (Wildman–Crippen LogP) is 4.39. The van der Waals surface area contributed by atoms with Gasteiger partial charge in [-0.2, -0.15) is 0 Å². The molecule has 1 aliphatic rings. The molecular weight excluding hydrogens is 500 g/mol. The minimum Gasteiger partial charge on any atom is -0.383 e. The van der Waals surface area contributed by atoms with Gasteiger partial charge in [0.2, 0.25) is 0 Å². The maximum Gasteiger partial charge on any atom is 0.268 e. The lowest BCUT2D eigenvalue weighted by Crippen LogP contribution is -2.41. The number of fused-ring (bicyclic) bond motifs is 1. The predicted molar refractivity (Wildman–Crippen MR) is 152 cm³/mol. The molecule has 0 radical (unpaired) electrons. The summed E-state index contributed by atoms with van der Waals surface area (Å²) in [5.41, 5.74) is 7.04. The average molecular weight is 533 g/mol. The number of nitrogens with one attached hydrogen (secondary N) is 1. The lowest BCUT2D eigenvalue weighted by atomic mass is 9.97. The number of benzene rings is 1. The van der Waals surface area contributed by atoms with E-state index in [4.69, 9.17) is 10.7 Å². The van der Waals surface area contributed by atoms with Crippen LogP contribution < -0.4 is 15.4 Å². The number of carbonyl (C=O) groups excluding carboxylic acids is 1. The van der Waals surface area contributed by atoms with Crippen molar-refractivity contribution in [3.8, 4) is 11.3 Å². The standard InChI is InChI=1S/C28H32N6O3S/c1-6-9-24(25(29)30-5)38(36,37)33-27(35)21-12-13-23(22-16-31-15-19-10-7-8-11-20(19)22)32-26(21)34-17-18(2)14-28(34,3)4/h6-13,15-16,18H,5,14,17,29H2,1-4H3,(H,33,35)/b9-6-,25-24+/t18-/m0/s1. The van der Waals surface area contributed by atoms with Crippen molar-refractivity contribution in [2.24, 2.45) is 16.6 Å². The van der Waals surface area contributed by atoms with Gasteiger partial charge in [0.15, 0.2) is 0 Å². The van der Waals surface area contributed by atoms with Gasteiger partial charge in [0.05, 0.1) is 11.3 Å². The van der Waals surface area contributed by atoms with Crippen LogP contribution in [0.15, 0.2) is 76.7 Å². The van der Waals surface area contributed by atoms with Crippen molar-refractivity contribution in [1.82, 2.24) is 14.7 Å². The number of carbonyl (C=O) groups is 1. The zero-order valence-corrected chi connectivity index (χ0v) is 22.8. The number of aromatic nitrogens is 2. The van der Waals surface area contributed by atoms with Gasteiger partial charge in [0, 0.05) is 35.4 Å². The largest absolute Gasteiger partial charge is 0.383 e. The fourth-order valence-corrected chi connectivity index (χ4v) is 6.15. The van der Waals surface area contributed by atoms with Gasteiger partial charge in [-0.05, 0) is 63.4 Å². The number of hydrogen-bond donors (Lipinski definition) is 2. The summed E-state index contributed by atoms with van der Waals surface area (Å²) >= 11 is 0. The van der Waals surface area contributed by atoms with E-state index in [2.05, 4.69) is 47.1 Å². The minimum atomic E-state index is -4.34. The third-order valence-corrected chi connectivity index (χ3v) is 8.03. The molecule has 9 nitrogen and oxygen atoms in total. The Morgan fingerprint density at radius 3 is 2.63 bits per heavy atom. The van der Waals surface area contributed by atoms with Crippen molar-refractivity contribution in [3.05, 3.63) is 77.2 Å². The number of hydrogen-bond acceptors (Lipinski definition) is 8. The highest BCUT2D eigenvalue weighted by Gasteiger charge is 2.39. The van der Waals surface area contributed by atoms with Crippen LogP contribution in [0.25, 0.3) is 22.0 Å². The number of nitrogens with two attached hydrogens (primary N) is 1. The van der Waals surface area contributed by atoms with Gasteiger partial charge in [0.1, 0.15) is 16.5 Å². The molecule has 1 atom stereocenters. The second-order valence-corrected chi connectivity index (χ2v) is 11.7. The van der Waals surface area contributed by atoms with E-state index in [9.17, 15) is 13.2 Å². The Bertz CT molecular complexity index is 1570. The summed E-state index contributed by atoms with van der Waals surface area (Å²) in [5, 5.41) is 1.94. The summed E-state index contributed by atoms with van der Waals surface area (Å²) in [6.07, 6.45) is 7.18. The van der Waals surface area contributed by atoms with Crippen molar-refractivity contribution in [2.75, 3.05) is 11.4 Å². The number of sulfonamides is 1. The van der Waals surface area contributed by atoms with Crippen molar-refractivity contribution in [3.63, 3.8) is 0 Å². The van der Waals surface area contributed by atoms with Crippen LogP contribution in [0, 0.1) is 5.92 Å². The van der Waals surface area contributed by atoms with Gasteiger partial charge in [-0.1, -0.05) is 37.3 Å². The van der Waals surface area contributed by atoms with Crippen LogP contribution in [-0.4, -0.2) is 43.1 Å². The minimum absolute atomic E-state index is 0.137. The molecule has 3 aromatic rings. The van der Waals surface area contributed by atoms with Crippen molar-refractivity contribution >= 4 is 39.2 Å². The van der Waals surface area contributed by atoms with Crippen LogP contribution >= 0.6 is 0 Å². The smallest absolute Gasteiger partial charge is 0.268 e. The quantitative estimate of drug-likeness (QED) is 0.341. The van der Waals surface area contributed by atoms with Crippen LogP contribution in [0.1, 0.15) is 44.5 Å². The third-order valence-electron chi connectivity index (χ3n) is 6.65. The zero-order valence-electron chi connectivity index (χ0n) is 22.0. The normalized spacial score (nSPS) is 18.0. The molecule has 0 unspecified atom stereocenters. The molecule has 1 saturated heterocycles. The molecule has 0 spiro atoms. The molecule has 2 aromatic heterocycles. The highest BCUT2D eigenvalue weighted by Crippen LogP contribution is 2.39. The summed E-state index contributed by atoms with van der Waals surface area (Å²) in [6, 6.07) is 11.2. The lowest BCUT2D eigenvalue weighted by Gasteiger charge is -2.34. The Hall–Kier alpha value is -4.05. The van der Waals surface area contributed by atoms with E-state index in [0.717, 1.165) is 22.8 Å². The van der Waals surface area contributed by atoms with Crippen LogP contribution in [0.3, 0.4) is 0 Å². The number of anilines is 1. The summed E-state index contributed by atoms with van der Waals surface area (Å²) < 4.78 is 28.3. The molecule has 0 aliphatic carbocycles. The Morgan fingerprint density at radius 1 is 1.24 bits per heavy atom. The van der Waals surface area contributed by atoms with Gasteiger partial charge in [-0.25, -0.2) is 23.1 Å². The first kappa shape index (κ1) is 27.0. The fraction of sp³-hybridized carbons (Fsp3) is 0.286. The second-order valence-electron chi connectivity index (χ2n) is 10.1. The molecular formula is C28H32N6O3S.